The molecule has 5 unspecified atom stereocenters. The predicted octanol–water partition coefficient (Wildman–Crippen LogP) is 3.68. The lowest BCUT2D eigenvalue weighted by Crippen LogP contribution is -2.38. The Labute approximate surface area is 128 Å². The molecule has 2 fully saturated rings. The highest BCUT2D eigenvalue weighted by Gasteiger charge is 2.42. The topological polar surface area (TPSA) is 29.3 Å². The lowest BCUT2D eigenvalue weighted by atomic mass is 9.78. The van der Waals surface area contributed by atoms with E-state index in [2.05, 4.69) is 36.1 Å². The molecule has 2 N–H and O–H groups in total. The van der Waals surface area contributed by atoms with Gasteiger partial charge in [-0.15, -0.1) is 0 Å². The van der Waals surface area contributed by atoms with Crippen LogP contribution in [0.1, 0.15) is 62.1 Å². The molecule has 0 bridgehead atoms. The molecule has 0 aromatic heterocycles. The normalized spacial score (nSPS) is 39.8. The first kappa shape index (κ1) is 13.8. The number of benzene rings is 1. The van der Waals surface area contributed by atoms with E-state index in [1.807, 2.05) is 0 Å². The second kappa shape index (κ2) is 5.40. The average Bonchev–Trinajstić information content (AvgIpc) is 2.93. The number of likely N-dealkylation sites (tertiary alicyclic amines) is 1. The van der Waals surface area contributed by atoms with Crippen LogP contribution in [-0.2, 0) is 0 Å². The molecule has 2 nitrogen and oxygen atoms in total. The molecule has 0 amide bonds. The molecule has 2 aliphatic carbocycles. The van der Waals surface area contributed by atoms with Crippen molar-refractivity contribution in [2.24, 2.45) is 17.6 Å². The lowest BCUT2D eigenvalue weighted by molar-refractivity contribution is 0.204. The van der Waals surface area contributed by atoms with Gasteiger partial charge >= 0.3 is 0 Å². The zero-order valence-electron chi connectivity index (χ0n) is 13.2. The number of hydrogen-bond donors (Lipinski definition) is 1. The van der Waals surface area contributed by atoms with Gasteiger partial charge in [0.05, 0.1) is 0 Å². The zero-order chi connectivity index (χ0) is 14.4. The van der Waals surface area contributed by atoms with Crippen LogP contribution in [0, 0.1) is 11.8 Å². The Morgan fingerprint density at radius 1 is 1.00 bits per heavy atom. The molecule has 3 aliphatic rings. The van der Waals surface area contributed by atoms with Crippen molar-refractivity contribution in [3.8, 4) is 0 Å². The van der Waals surface area contributed by atoms with Gasteiger partial charge in [0.25, 0.3) is 0 Å². The van der Waals surface area contributed by atoms with E-state index in [1.165, 1.54) is 45.2 Å². The van der Waals surface area contributed by atoms with E-state index in [4.69, 9.17) is 5.73 Å². The Kier molecular flexibility index (Phi) is 3.55. The Morgan fingerprint density at radius 2 is 1.81 bits per heavy atom. The smallest absolute Gasteiger partial charge is 0.0351 e. The summed E-state index contributed by atoms with van der Waals surface area (Å²) in [5.74, 6) is 2.34. The van der Waals surface area contributed by atoms with Crippen LogP contribution in [0.25, 0.3) is 0 Å². The van der Waals surface area contributed by atoms with Crippen LogP contribution in [0.4, 0.5) is 0 Å². The molecule has 2 heteroatoms. The first-order valence-electron chi connectivity index (χ1n) is 8.82. The fourth-order valence-corrected chi connectivity index (χ4v) is 5.17. The lowest BCUT2D eigenvalue weighted by Gasteiger charge is -2.36. The third kappa shape index (κ3) is 2.33. The quantitative estimate of drug-likeness (QED) is 0.852. The van der Waals surface area contributed by atoms with Gasteiger partial charge in [-0.05, 0) is 54.6 Å². The number of nitrogens with zero attached hydrogens (tertiary/aromatic N) is 1. The molecule has 0 radical (unpaired) electrons. The molecule has 1 aromatic carbocycles. The summed E-state index contributed by atoms with van der Waals surface area (Å²) in [4.78, 5) is 2.77. The van der Waals surface area contributed by atoms with Gasteiger partial charge in [0.2, 0.25) is 0 Å². The summed E-state index contributed by atoms with van der Waals surface area (Å²) in [6.07, 6.45) is 6.65. The molecule has 4 rings (SSSR count). The van der Waals surface area contributed by atoms with Crippen LogP contribution in [0.2, 0.25) is 0 Å². The van der Waals surface area contributed by atoms with E-state index < -0.39 is 0 Å². The van der Waals surface area contributed by atoms with Crippen LogP contribution in [-0.4, -0.2) is 24.0 Å². The van der Waals surface area contributed by atoms with Gasteiger partial charge in [-0.3, -0.25) is 4.90 Å². The van der Waals surface area contributed by atoms with Gasteiger partial charge in [-0.2, -0.15) is 0 Å². The van der Waals surface area contributed by atoms with Crippen LogP contribution in [0.5, 0.6) is 0 Å². The minimum absolute atomic E-state index is 0.450. The molecule has 0 spiro atoms. The highest BCUT2D eigenvalue weighted by molar-refractivity contribution is 5.35. The van der Waals surface area contributed by atoms with Gasteiger partial charge in [-0.25, -0.2) is 0 Å². The Balaban J connectivity index is 1.59. The van der Waals surface area contributed by atoms with Crippen LogP contribution < -0.4 is 5.73 Å². The third-order valence-corrected chi connectivity index (χ3v) is 6.38. The van der Waals surface area contributed by atoms with Crippen molar-refractivity contribution in [2.75, 3.05) is 13.1 Å². The van der Waals surface area contributed by atoms with Gasteiger partial charge in [-0.1, -0.05) is 37.6 Å². The first-order chi connectivity index (χ1) is 10.2. The van der Waals surface area contributed by atoms with Crippen molar-refractivity contribution in [1.82, 2.24) is 4.90 Å². The minimum atomic E-state index is 0.450. The molecule has 21 heavy (non-hydrogen) atoms. The summed E-state index contributed by atoms with van der Waals surface area (Å²) >= 11 is 0. The zero-order valence-corrected chi connectivity index (χ0v) is 13.2. The molecule has 1 saturated carbocycles. The Morgan fingerprint density at radius 3 is 2.62 bits per heavy atom. The molecule has 1 saturated heterocycles. The van der Waals surface area contributed by atoms with Crippen molar-refractivity contribution >= 4 is 0 Å². The number of fused-ring (bicyclic) bond motifs is 2. The molecular weight excluding hydrogens is 256 g/mol. The highest BCUT2D eigenvalue weighted by Crippen LogP contribution is 2.45. The summed E-state index contributed by atoms with van der Waals surface area (Å²) in [5, 5.41) is 0. The average molecular weight is 284 g/mol. The van der Waals surface area contributed by atoms with Crippen molar-refractivity contribution in [2.45, 2.75) is 57.0 Å². The molecular formula is C19H28N2. The predicted molar refractivity (Wildman–Crippen MR) is 87.2 cm³/mol. The van der Waals surface area contributed by atoms with E-state index in [9.17, 15) is 0 Å². The van der Waals surface area contributed by atoms with Crippen LogP contribution >= 0.6 is 0 Å². The number of nitrogens with two attached hydrogens (primary N) is 1. The maximum Gasteiger partial charge on any atom is 0.0351 e. The summed E-state index contributed by atoms with van der Waals surface area (Å²) in [7, 11) is 0. The molecule has 114 valence electrons. The van der Waals surface area contributed by atoms with E-state index in [1.54, 1.807) is 11.1 Å². The Hall–Kier alpha value is -0.860. The maximum atomic E-state index is 6.40. The summed E-state index contributed by atoms with van der Waals surface area (Å²) in [6, 6.07) is 10.2. The standard InChI is InChI=1S/C19H28N2/c1-13-9-10-19(16-7-3-2-6-15(13)16)21-11-14-5-4-8-18(20)17(14)12-21/h2-3,6-7,13-14,17-19H,4-5,8-12,20H2,1H3. The Bertz CT molecular complexity index is 512. The fourth-order valence-electron chi connectivity index (χ4n) is 5.17. The van der Waals surface area contributed by atoms with Crippen LogP contribution in [0.3, 0.4) is 0 Å². The second-order valence-corrected chi connectivity index (χ2v) is 7.60. The van der Waals surface area contributed by atoms with E-state index in [-0.39, 0.29) is 0 Å². The number of rotatable bonds is 1. The first-order valence-corrected chi connectivity index (χ1v) is 8.82. The second-order valence-electron chi connectivity index (χ2n) is 7.60. The van der Waals surface area contributed by atoms with Gasteiger partial charge in [0.1, 0.15) is 0 Å². The molecule has 1 heterocycles. The van der Waals surface area contributed by atoms with Gasteiger partial charge in [0, 0.05) is 25.2 Å². The van der Waals surface area contributed by atoms with Crippen molar-refractivity contribution < 1.29 is 0 Å². The largest absolute Gasteiger partial charge is 0.327 e. The van der Waals surface area contributed by atoms with Crippen molar-refractivity contribution in [1.29, 1.82) is 0 Å². The van der Waals surface area contributed by atoms with E-state index in [0.29, 0.717) is 12.1 Å². The molecule has 5 atom stereocenters. The highest BCUT2D eigenvalue weighted by atomic mass is 15.2. The van der Waals surface area contributed by atoms with E-state index >= 15 is 0 Å². The fraction of sp³-hybridized carbons (Fsp3) is 0.684. The third-order valence-electron chi connectivity index (χ3n) is 6.38. The minimum Gasteiger partial charge on any atom is -0.327 e. The van der Waals surface area contributed by atoms with E-state index in [0.717, 1.165) is 17.8 Å². The summed E-state index contributed by atoms with van der Waals surface area (Å²) in [6.45, 7) is 4.90. The summed E-state index contributed by atoms with van der Waals surface area (Å²) < 4.78 is 0. The SMILES string of the molecule is CC1CCC(N2CC3CCCC(N)C3C2)c2ccccc21. The maximum absolute atomic E-state index is 6.40. The number of hydrogen-bond acceptors (Lipinski definition) is 2. The summed E-state index contributed by atoms with van der Waals surface area (Å²) in [5.41, 5.74) is 9.59. The van der Waals surface area contributed by atoms with Gasteiger partial charge < -0.3 is 5.73 Å². The molecule has 1 aromatic rings. The van der Waals surface area contributed by atoms with Crippen molar-refractivity contribution in [3.05, 3.63) is 35.4 Å². The monoisotopic (exact) mass is 284 g/mol. The van der Waals surface area contributed by atoms with Gasteiger partial charge in [0.15, 0.2) is 0 Å². The van der Waals surface area contributed by atoms with Crippen molar-refractivity contribution in [3.63, 3.8) is 0 Å². The van der Waals surface area contributed by atoms with Crippen LogP contribution in [0.15, 0.2) is 24.3 Å². The molecule has 1 aliphatic heterocycles.